The molecule has 0 saturated heterocycles. The van der Waals surface area contributed by atoms with Crippen molar-refractivity contribution in [3.8, 4) is 11.5 Å². The second-order valence-electron chi connectivity index (χ2n) is 6.92. The lowest BCUT2D eigenvalue weighted by atomic mass is 10.0. The van der Waals surface area contributed by atoms with Gasteiger partial charge < -0.3 is 9.84 Å². The van der Waals surface area contributed by atoms with Gasteiger partial charge in [-0.1, -0.05) is 35.0 Å². The molecule has 0 spiro atoms. The summed E-state index contributed by atoms with van der Waals surface area (Å²) in [6.07, 6.45) is 2.32. The molecule has 1 heterocycles. The van der Waals surface area contributed by atoms with Crippen LogP contribution in [-0.4, -0.2) is 16.0 Å². The molecule has 1 unspecified atom stereocenters. The Kier molecular flexibility index (Phi) is 4.29. The van der Waals surface area contributed by atoms with Gasteiger partial charge in [-0.05, 0) is 62.4 Å². The maximum atomic E-state index is 12.7. The third-order valence-electron chi connectivity index (χ3n) is 4.74. The number of aryl methyl sites for hydroxylation is 2. The van der Waals surface area contributed by atoms with Crippen molar-refractivity contribution in [3.63, 3.8) is 0 Å². The van der Waals surface area contributed by atoms with Crippen LogP contribution in [0.1, 0.15) is 46.2 Å². The Bertz CT molecular complexity index is 909. The molecule has 1 amide bonds. The highest BCUT2D eigenvalue weighted by Gasteiger charge is 2.33. The van der Waals surface area contributed by atoms with Crippen molar-refractivity contribution in [2.45, 2.75) is 32.7 Å². The molecule has 132 valence electrons. The van der Waals surface area contributed by atoms with Crippen LogP contribution < -0.4 is 5.32 Å². The maximum Gasteiger partial charge on any atom is 0.257 e. The Morgan fingerprint density at radius 3 is 2.35 bits per heavy atom. The lowest BCUT2D eigenvalue weighted by Crippen LogP contribution is -2.29. The number of carbonyl (C=O) groups is 1. The van der Waals surface area contributed by atoms with E-state index in [-0.39, 0.29) is 11.9 Å². The highest BCUT2D eigenvalue weighted by atomic mass is 16.5. The van der Waals surface area contributed by atoms with Crippen LogP contribution in [-0.2, 0) is 0 Å². The van der Waals surface area contributed by atoms with E-state index < -0.39 is 0 Å². The van der Waals surface area contributed by atoms with Gasteiger partial charge in [-0.25, -0.2) is 0 Å². The quantitative estimate of drug-likeness (QED) is 0.750. The largest absolute Gasteiger partial charge is 0.345 e. The number of hydrogen-bond donors (Lipinski definition) is 1. The van der Waals surface area contributed by atoms with Crippen LogP contribution in [0.5, 0.6) is 0 Å². The van der Waals surface area contributed by atoms with Gasteiger partial charge in [0.15, 0.2) is 5.82 Å². The van der Waals surface area contributed by atoms with E-state index in [1.54, 1.807) is 19.1 Å². The Labute approximate surface area is 152 Å². The van der Waals surface area contributed by atoms with E-state index in [2.05, 4.69) is 46.6 Å². The number of hydrogen-bond acceptors (Lipinski definition) is 4. The van der Waals surface area contributed by atoms with Gasteiger partial charge in [0.2, 0.25) is 0 Å². The lowest BCUT2D eigenvalue weighted by molar-refractivity contribution is 0.0931. The zero-order valence-corrected chi connectivity index (χ0v) is 14.9. The van der Waals surface area contributed by atoms with E-state index in [4.69, 9.17) is 4.52 Å². The Balaban J connectivity index is 1.50. The number of carbonyl (C=O) groups excluding carboxylic acids is 1. The molecule has 1 N–H and O–H groups in total. The summed E-state index contributed by atoms with van der Waals surface area (Å²) < 4.78 is 5.16. The molecule has 1 atom stereocenters. The molecule has 1 aromatic heterocycles. The predicted octanol–water partition coefficient (Wildman–Crippen LogP) is 4.23. The van der Waals surface area contributed by atoms with E-state index in [0.29, 0.717) is 23.2 Å². The molecule has 1 saturated carbocycles. The van der Waals surface area contributed by atoms with Gasteiger partial charge in [-0.2, -0.15) is 4.98 Å². The Morgan fingerprint density at radius 2 is 1.77 bits per heavy atom. The van der Waals surface area contributed by atoms with Gasteiger partial charge in [0, 0.05) is 11.1 Å². The normalized spacial score (nSPS) is 14.8. The predicted molar refractivity (Wildman–Crippen MR) is 98.6 cm³/mol. The van der Waals surface area contributed by atoms with E-state index >= 15 is 0 Å². The Hall–Kier alpha value is -2.95. The van der Waals surface area contributed by atoms with Crippen molar-refractivity contribution in [3.05, 3.63) is 71.0 Å². The van der Waals surface area contributed by atoms with Crippen LogP contribution in [0.2, 0.25) is 0 Å². The number of benzene rings is 2. The number of rotatable bonds is 5. The molecular weight excluding hydrogens is 326 g/mol. The van der Waals surface area contributed by atoms with Crippen molar-refractivity contribution in [2.24, 2.45) is 5.92 Å². The number of amides is 1. The highest BCUT2D eigenvalue weighted by molar-refractivity contribution is 5.94. The summed E-state index contributed by atoms with van der Waals surface area (Å²) >= 11 is 0. The minimum atomic E-state index is -0.0595. The highest BCUT2D eigenvalue weighted by Crippen LogP contribution is 2.41. The van der Waals surface area contributed by atoms with Gasteiger partial charge in [0.1, 0.15) is 0 Å². The van der Waals surface area contributed by atoms with Crippen LogP contribution in [0.3, 0.4) is 0 Å². The van der Waals surface area contributed by atoms with Gasteiger partial charge in [0.25, 0.3) is 11.8 Å². The Morgan fingerprint density at radius 1 is 1.08 bits per heavy atom. The standard InChI is InChI=1S/C21H21N3O2/c1-13-3-5-15(6-4-13)19(16-7-8-16)23-20(25)17-9-11-18(12-10-17)21-22-14(2)24-26-21/h3-6,9-12,16,19H,7-8H2,1-2H3,(H,23,25). The van der Waals surface area contributed by atoms with Crippen LogP contribution in [0.15, 0.2) is 53.1 Å². The molecule has 26 heavy (non-hydrogen) atoms. The smallest absolute Gasteiger partial charge is 0.257 e. The molecule has 2 aromatic carbocycles. The zero-order valence-electron chi connectivity index (χ0n) is 14.9. The average molecular weight is 347 g/mol. The molecule has 5 heteroatoms. The summed E-state index contributed by atoms with van der Waals surface area (Å²) in [5, 5.41) is 6.99. The fourth-order valence-electron chi connectivity index (χ4n) is 3.08. The molecule has 1 aliphatic rings. The maximum absolute atomic E-state index is 12.7. The molecule has 0 radical (unpaired) electrons. The molecular formula is C21H21N3O2. The second-order valence-corrected chi connectivity index (χ2v) is 6.92. The molecule has 1 aliphatic carbocycles. The van der Waals surface area contributed by atoms with E-state index in [0.717, 1.165) is 18.4 Å². The second kappa shape index (κ2) is 6.75. The van der Waals surface area contributed by atoms with E-state index in [9.17, 15) is 4.79 Å². The van der Waals surface area contributed by atoms with Crippen molar-refractivity contribution in [1.82, 2.24) is 15.5 Å². The van der Waals surface area contributed by atoms with Crippen LogP contribution in [0.25, 0.3) is 11.5 Å². The fraction of sp³-hybridized carbons (Fsp3) is 0.286. The van der Waals surface area contributed by atoms with Gasteiger partial charge in [0.05, 0.1) is 6.04 Å². The molecule has 3 aromatic rings. The fourth-order valence-corrected chi connectivity index (χ4v) is 3.08. The van der Waals surface area contributed by atoms with Crippen molar-refractivity contribution < 1.29 is 9.32 Å². The number of aromatic nitrogens is 2. The van der Waals surface area contributed by atoms with Crippen LogP contribution in [0, 0.1) is 19.8 Å². The summed E-state index contributed by atoms with van der Waals surface area (Å²) in [5.41, 5.74) is 3.83. The summed E-state index contributed by atoms with van der Waals surface area (Å²) in [4.78, 5) is 16.9. The monoisotopic (exact) mass is 347 g/mol. The van der Waals surface area contributed by atoms with Crippen molar-refractivity contribution in [2.75, 3.05) is 0 Å². The SMILES string of the molecule is Cc1ccc(C(NC(=O)c2ccc(-c3nc(C)no3)cc2)C2CC2)cc1. The van der Waals surface area contributed by atoms with Crippen LogP contribution >= 0.6 is 0 Å². The molecule has 4 rings (SSSR count). The zero-order chi connectivity index (χ0) is 18.1. The van der Waals surface area contributed by atoms with Gasteiger partial charge >= 0.3 is 0 Å². The van der Waals surface area contributed by atoms with Crippen molar-refractivity contribution >= 4 is 5.91 Å². The van der Waals surface area contributed by atoms with Gasteiger partial charge in [-0.3, -0.25) is 4.79 Å². The third-order valence-corrected chi connectivity index (χ3v) is 4.74. The summed E-state index contributed by atoms with van der Waals surface area (Å²) in [6, 6.07) is 15.7. The van der Waals surface area contributed by atoms with E-state index in [1.165, 1.54) is 11.1 Å². The topological polar surface area (TPSA) is 68.0 Å². The van der Waals surface area contributed by atoms with Gasteiger partial charge in [-0.15, -0.1) is 0 Å². The summed E-state index contributed by atoms with van der Waals surface area (Å²) in [5.74, 6) is 1.52. The van der Waals surface area contributed by atoms with Crippen LogP contribution in [0.4, 0.5) is 0 Å². The number of nitrogens with one attached hydrogen (secondary N) is 1. The molecule has 5 nitrogen and oxygen atoms in total. The van der Waals surface area contributed by atoms with Crippen molar-refractivity contribution in [1.29, 1.82) is 0 Å². The third kappa shape index (κ3) is 3.52. The minimum Gasteiger partial charge on any atom is -0.345 e. The molecule has 0 bridgehead atoms. The first-order chi connectivity index (χ1) is 12.6. The molecule has 1 fully saturated rings. The number of nitrogens with zero attached hydrogens (tertiary/aromatic N) is 2. The van der Waals surface area contributed by atoms with E-state index in [1.807, 2.05) is 12.1 Å². The average Bonchev–Trinajstić information content (AvgIpc) is 3.41. The summed E-state index contributed by atoms with van der Waals surface area (Å²) in [6.45, 7) is 3.85. The minimum absolute atomic E-state index is 0.0595. The first-order valence-electron chi connectivity index (χ1n) is 8.88. The first-order valence-corrected chi connectivity index (χ1v) is 8.88. The first kappa shape index (κ1) is 16.5. The lowest BCUT2D eigenvalue weighted by Gasteiger charge is -2.19. The molecule has 0 aliphatic heterocycles. The summed E-state index contributed by atoms with van der Waals surface area (Å²) in [7, 11) is 0.